The maximum atomic E-state index is 5.61. The molecule has 0 aliphatic rings. The predicted octanol–water partition coefficient (Wildman–Crippen LogP) is 3.52. The average Bonchev–Trinajstić information content (AvgIpc) is 2.49. The van der Waals surface area contributed by atoms with Crippen molar-refractivity contribution >= 4 is 5.82 Å². The maximum absolute atomic E-state index is 5.61. The Labute approximate surface area is 116 Å². The summed E-state index contributed by atoms with van der Waals surface area (Å²) in [6.45, 7) is 0. The lowest BCUT2D eigenvalue weighted by molar-refractivity contribution is 0.462. The molecule has 3 rings (SSSR count). The number of aromatic nitrogens is 2. The van der Waals surface area contributed by atoms with Crippen LogP contribution in [0.5, 0.6) is 11.6 Å². The van der Waals surface area contributed by atoms with E-state index in [1.165, 1.54) is 0 Å². The van der Waals surface area contributed by atoms with Crippen molar-refractivity contribution < 1.29 is 4.74 Å². The van der Waals surface area contributed by atoms with Crippen LogP contribution in [0.15, 0.2) is 66.9 Å². The van der Waals surface area contributed by atoms with E-state index < -0.39 is 0 Å². The third-order valence-corrected chi connectivity index (χ3v) is 2.77. The molecule has 0 saturated heterocycles. The van der Waals surface area contributed by atoms with Crippen LogP contribution in [0.25, 0.3) is 11.3 Å². The normalized spacial score (nSPS) is 10.2. The quantitative estimate of drug-likeness (QED) is 0.785. The summed E-state index contributed by atoms with van der Waals surface area (Å²) in [6.07, 6.45) is 1.67. The van der Waals surface area contributed by atoms with E-state index in [-0.39, 0.29) is 0 Å². The lowest BCUT2D eigenvalue weighted by Crippen LogP contribution is -1.93. The van der Waals surface area contributed by atoms with Gasteiger partial charge in [0.15, 0.2) is 0 Å². The predicted molar refractivity (Wildman–Crippen MR) is 78.4 cm³/mol. The zero-order valence-corrected chi connectivity index (χ0v) is 10.7. The zero-order valence-electron chi connectivity index (χ0n) is 10.7. The summed E-state index contributed by atoms with van der Waals surface area (Å²) >= 11 is 0. The van der Waals surface area contributed by atoms with E-state index in [2.05, 4.69) is 9.97 Å². The van der Waals surface area contributed by atoms with Crippen LogP contribution >= 0.6 is 0 Å². The summed E-state index contributed by atoms with van der Waals surface area (Å²) in [5.74, 6) is 1.51. The Morgan fingerprint density at radius 1 is 0.850 bits per heavy atom. The van der Waals surface area contributed by atoms with Gasteiger partial charge in [-0.3, -0.25) is 4.98 Å². The largest absolute Gasteiger partial charge is 0.437 e. The molecule has 2 N–H and O–H groups in total. The zero-order chi connectivity index (χ0) is 13.8. The number of rotatable bonds is 3. The van der Waals surface area contributed by atoms with Crippen molar-refractivity contribution in [3.63, 3.8) is 0 Å². The van der Waals surface area contributed by atoms with Crippen LogP contribution in [0.2, 0.25) is 0 Å². The summed E-state index contributed by atoms with van der Waals surface area (Å²) in [6, 6.07) is 19.0. The lowest BCUT2D eigenvalue weighted by Gasteiger charge is -2.06. The third kappa shape index (κ3) is 2.75. The van der Waals surface area contributed by atoms with E-state index >= 15 is 0 Å². The minimum atomic E-state index is 0.427. The standard InChI is InChI=1S/C16H13N3O/c17-15-7-4-8-16(19-15)20-13-9-10-14(18-11-13)12-5-2-1-3-6-12/h1-11H,(H2,17,19). The van der Waals surface area contributed by atoms with Crippen LogP contribution in [0, 0.1) is 0 Å². The highest BCUT2D eigenvalue weighted by atomic mass is 16.5. The second-order valence-corrected chi connectivity index (χ2v) is 4.25. The summed E-state index contributed by atoms with van der Waals surface area (Å²) in [5.41, 5.74) is 7.58. The average molecular weight is 263 g/mol. The topological polar surface area (TPSA) is 61.0 Å². The second-order valence-electron chi connectivity index (χ2n) is 4.25. The van der Waals surface area contributed by atoms with Gasteiger partial charge in [-0.2, -0.15) is 4.98 Å². The van der Waals surface area contributed by atoms with Gasteiger partial charge in [0, 0.05) is 11.6 Å². The Kier molecular flexibility index (Phi) is 3.29. The Balaban J connectivity index is 1.80. The molecule has 0 spiro atoms. The maximum Gasteiger partial charge on any atom is 0.221 e. The molecule has 1 aromatic carbocycles. The number of hydrogen-bond donors (Lipinski definition) is 1. The summed E-state index contributed by atoms with van der Waals surface area (Å²) in [5, 5.41) is 0. The van der Waals surface area contributed by atoms with Crippen LogP contribution < -0.4 is 10.5 Å². The van der Waals surface area contributed by atoms with Gasteiger partial charge in [0.05, 0.1) is 11.9 Å². The molecule has 20 heavy (non-hydrogen) atoms. The van der Waals surface area contributed by atoms with Crippen molar-refractivity contribution in [2.75, 3.05) is 5.73 Å². The van der Waals surface area contributed by atoms with Crippen LogP contribution in [0.4, 0.5) is 5.82 Å². The number of anilines is 1. The third-order valence-electron chi connectivity index (χ3n) is 2.77. The first-order valence-electron chi connectivity index (χ1n) is 6.23. The minimum absolute atomic E-state index is 0.427. The molecule has 0 unspecified atom stereocenters. The Bertz CT molecular complexity index is 696. The molecule has 0 saturated carbocycles. The number of ether oxygens (including phenoxy) is 1. The molecule has 0 fully saturated rings. The Hall–Kier alpha value is -2.88. The van der Waals surface area contributed by atoms with Crippen LogP contribution in [0.3, 0.4) is 0 Å². The number of hydrogen-bond acceptors (Lipinski definition) is 4. The number of pyridine rings is 2. The highest BCUT2D eigenvalue weighted by Gasteiger charge is 2.02. The molecule has 4 nitrogen and oxygen atoms in total. The number of benzene rings is 1. The Morgan fingerprint density at radius 3 is 2.40 bits per heavy atom. The first kappa shape index (κ1) is 12.2. The molecule has 0 aliphatic heterocycles. The lowest BCUT2D eigenvalue weighted by atomic mass is 10.1. The minimum Gasteiger partial charge on any atom is -0.437 e. The molecule has 0 amide bonds. The van der Waals surface area contributed by atoms with Crippen molar-refractivity contribution in [1.82, 2.24) is 9.97 Å². The number of nitrogens with two attached hydrogens (primary N) is 1. The summed E-state index contributed by atoms with van der Waals surface area (Å²) in [7, 11) is 0. The molecule has 0 radical (unpaired) electrons. The second kappa shape index (κ2) is 5.40. The molecule has 4 heteroatoms. The summed E-state index contributed by atoms with van der Waals surface area (Å²) < 4.78 is 5.60. The van der Waals surface area contributed by atoms with E-state index in [4.69, 9.17) is 10.5 Å². The van der Waals surface area contributed by atoms with Gasteiger partial charge in [-0.15, -0.1) is 0 Å². The number of nitrogens with zero attached hydrogens (tertiary/aromatic N) is 2. The molecule has 2 aromatic heterocycles. The van der Waals surface area contributed by atoms with Crippen molar-refractivity contribution in [2.45, 2.75) is 0 Å². The smallest absolute Gasteiger partial charge is 0.221 e. The van der Waals surface area contributed by atoms with Gasteiger partial charge in [-0.1, -0.05) is 36.4 Å². The molecule has 0 aliphatic carbocycles. The molecule has 0 bridgehead atoms. The van der Waals surface area contributed by atoms with Gasteiger partial charge < -0.3 is 10.5 Å². The molecule has 2 heterocycles. The molecule has 98 valence electrons. The van der Waals surface area contributed by atoms with Crippen molar-refractivity contribution in [2.24, 2.45) is 0 Å². The van der Waals surface area contributed by atoms with Crippen LogP contribution in [0.1, 0.15) is 0 Å². The van der Waals surface area contributed by atoms with E-state index in [1.54, 1.807) is 24.4 Å². The molecular weight excluding hydrogens is 250 g/mol. The number of nitrogen functional groups attached to an aromatic ring is 1. The van der Waals surface area contributed by atoms with Crippen LogP contribution in [-0.4, -0.2) is 9.97 Å². The van der Waals surface area contributed by atoms with Gasteiger partial charge in [-0.25, -0.2) is 0 Å². The highest BCUT2D eigenvalue weighted by Crippen LogP contribution is 2.22. The molecule has 0 atom stereocenters. The van der Waals surface area contributed by atoms with Gasteiger partial charge >= 0.3 is 0 Å². The fourth-order valence-corrected chi connectivity index (χ4v) is 1.83. The molecule has 3 aromatic rings. The van der Waals surface area contributed by atoms with Crippen LogP contribution in [-0.2, 0) is 0 Å². The Morgan fingerprint density at radius 2 is 1.70 bits per heavy atom. The fraction of sp³-hybridized carbons (Fsp3) is 0. The van der Waals surface area contributed by atoms with Gasteiger partial charge in [0.2, 0.25) is 5.88 Å². The van der Waals surface area contributed by atoms with Crippen molar-refractivity contribution in [1.29, 1.82) is 0 Å². The first-order chi connectivity index (χ1) is 9.81. The highest BCUT2D eigenvalue weighted by molar-refractivity contribution is 5.59. The van der Waals surface area contributed by atoms with Gasteiger partial charge in [0.1, 0.15) is 11.6 Å². The van der Waals surface area contributed by atoms with E-state index in [0.29, 0.717) is 17.4 Å². The van der Waals surface area contributed by atoms with Crippen molar-refractivity contribution in [3.8, 4) is 22.9 Å². The first-order valence-corrected chi connectivity index (χ1v) is 6.23. The monoisotopic (exact) mass is 263 g/mol. The van der Waals surface area contributed by atoms with Gasteiger partial charge in [0.25, 0.3) is 0 Å². The van der Waals surface area contributed by atoms with E-state index in [1.807, 2.05) is 42.5 Å². The van der Waals surface area contributed by atoms with Gasteiger partial charge in [-0.05, 0) is 18.2 Å². The van der Waals surface area contributed by atoms with E-state index in [0.717, 1.165) is 11.3 Å². The SMILES string of the molecule is Nc1cccc(Oc2ccc(-c3ccccc3)nc2)n1. The van der Waals surface area contributed by atoms with E-state index in [9.17, 15) is 0 Å². The summed E-state index contributed by atoms with van der Waals surface area (Å²) in [4.78, 5) is 8.46. The van der Waals surface area contributed by atoms with Crippen molar-refractivity contribution in [3.05, 3.63) is 66.9 Å². The fourth-order valence-electron chi connectivity index (χ4n) is 1.83. The molecular formula is C16H13N3O.